The standard InChI is InChI=1S/C20H24ClNO4S/c1-4-18(14-9-11-17(12-10-14)27(3,24)25)22-20(23)19(5-2)26-16-8-6-7-15(21)13-16/h6-13,18-19H,4-5H2,1-3H3,(H,22,23). The molecule has 27 heavy (non-hydrogen) atoms. The number of halogens is 1. The molecule has 1 amide bonds. The van der Waals surface area contributed by atoms with Gasteiger partial charge in [0, 0.05) is 11.3 Å². The number of ether oxygens (including phenoxy) is 1. The van der Waals surface area contributed by atoms with Crippen LogP contribution in [0.5, 0.6) is 5.75 Å². The molecule has 0 fully saturated rings. The van der Waals surface area contributed by atoms with Gasteiger partial charge < -0.3 is 10.1 Å². The van der Waals surface area contributed by atoms with Gasteiger partial charge in [0.25, 0.3) is 5.91 Å². The fraction of sp³-hybridized carbons (Fsp3) is 0.350. The van der Waals surface area contributed by atoms with E-state index in [1.165, 1.54) is 6.26 Å². The topological polar surface area (TPSA) is 72.5 Å². The number of carbonyl (C=O) groups is 1. The molecule has 0 heterocycles. The van der Waals surface area contributed by atoms with Crippen molar-refractivity contribution < 1.29 is 17.9 Å². The summed E-state index contributed by atoms with van der Waals surface area (Å²) in [6, 6.07) is 13.2. The first-order valence-corrected chi connectivity index (χ1v) is 11.0. The van der Waals surface area contributed by atoms with Gasteiger partial charge in [0.05, 0.1) is 10.9 Å². The quantitative estimate of drug-likeness (QED) is 0.710. The predicted molar refractivity (Wildman–Crippen MR) is 107 cm³/mol. The fourth-order valence-electron chi connectivity index (χ4n) is 2.66. The third-order valence-corrected chi connectivity index (χ3v) is 5.54. The predicted octanol–water partition coefficient (Wildman–Crippen LogP) is 4.17. The molecular formula is C20H24ClNO4S. The second kappa shape index (κ2) is 9.24. The van der Waals surface area contributed by atoms with Crippen LogP contribution in [0.4, 0.5) is 0 Å². The Balaban J connectivity index is 2.10. The van der Waals surface area contributed by atoms with E-state index >= 15 is 0 Å². The van der Waals surface area contributed by atoms with E-state index in [1.54, 1.807) is 48.5 Å². The molecule has 0 spiro atoms. The number of sulfone groups is 1. The van der Waals surface area contributed by atoms with Crippen LogP contribution in [-0.2, 0) is 14.6 Å². The second-order valence-electron chi connectivity index (χ2n) is 6.28. The van der Waals surface area contributed by atoms with E-state index in [-0.39, 0.29) is 16.8 Å². The number of hydrogen-bond acceptors (Lipinski definition) is 4. The van der Waals surface area contributed by atoms with Gasteiger partial charge in [0.1, 0.15) is 5.75 Å². The molecule has 0 radical (unpaired) electrons. The van der Waals surface area contributed by atoms with Crippen molar-refractivity contribution >= 4 is 27.3 Å². The minimum atomic E-state index is -3.25. The van der Waals surface area contributed by atoms with Gasteiger partial charge in [0.15, 0.2) is 15.9 Å². The van der Waals surface area contributed by atoms with Crippen LogP contribution in [-0.4, -0.2) is 26.7 Å². The van der Waals surface area contributed by atoms with Gasteiger partial charge >= 0.3 is 0 Å². The van der Waals surface area contributed by atoms with Crippen molar-refractivity contribution in [1.82, 2.24) is 5.32 Å². The third-order valence-electron chi connectivity index (χ3n) is 4.17. The van der Waals surface area contributed by atoms with E-state index in [4.69, 9.17) is 16.3 Å². The van der Waals surface area contributed by atoms with Crippen LogP contribution in [0.25, 0.3) is 0 Å². The van der Waals surface area contributed by atoms with Crippen molar-refractivity contribution in [2.75, 3.05) is 6.26 Å². The summed E-state index contributed by atoms with van der Waals surface area (Å²) in [6.45, 7) is 3.82. The zero-order valence-electron chi connectivity index (χ0n) is 15.6. The van der Waals surface area contributed by atoms with Gasteiger partial charge in [-0.15, -0.1) is 0 Å². The molecule has 5 nitrogen and oxygen atoms in total. The van der Waals surface area contributed by atoms with Gasteiger partial charge in [0.2, 0.25) is 0 Å². The Bertz CT molecular complexity index is 881. The number of benzene rings is 2. The van der Waals surface area contributed by atoms with Crippen molar-refractivity contribution in [3.63, 3.8) is 0 Å². The minimum absolute atomic E-state index is 0.225. The van der Waals surface area contributed by atoms with E-state index in [9.17, 15) is 13.2 Å². The largest absolute Gasteiger partial charge is 0.481 e. The molecule has 2 rings (SSSR count). The van der Waals surface area contributed by atoms with E-state index in [1.807, 2.05) is 13.8 Å². The maximum absolute atomic E-state index is 12.7. The Kier molecular flexibility index (Phi) is 7.27. The molecule has 7 heteroatoms. The summed E-state index contributed by atoms with van der Waals surface area (Å²) in [5.74, 6) is 0.312. The summed E-state index contributed by atoms with van der Waals surface area (Å²) in [5.41, 5.74) is 0.843. The lowest BCUT2D eigenvalue weighted by molar-refractivity contribution is -0.128. The first-order chi connectivity index (χ1) is 12.7. The van der Waals surface area contributed by atoms with Crippen molar-refractivity contribution in [3.8, 4) is 5.75 Å². The Morgan fingerprint density at radius 3 is 2.30 bits per heavy atom. The average molecular weight is 410 g/mol. The Morgan fingerprint density at radius 1 is 1.11 bits per heavy atom. The highest BCUT2D eigenvalue weighted by molar-refractivity contribution is 7.90. The lowest BCUT2D eigenvalue weighted by atomic mass is 10.0. The molecule has 0 aliphatic heterocycles. The van der Waals surface area contributed by atoms with E-state index in [0.717, 1.165) is 5.56 Å². The molecule has 0 bridgehead atoms. The molecule has 0 saturated heterocycles. The summed E-state index contributed by atoms with van der Waals surface area (Å²) >= 11 is 5.96. The van der Waals surface area contributed by atoms with Crippen molar-refractivity contribution in [2.45, 2.75) is 43.7 Å². The van der Waals surface area contributed by atoms with Crippen LogP contribution >= 0.6 is 11.6 Å². The van der Waals surface area contributed by atoms with Gasteiger partial charge in [-0.3, -0.25) is 4.79 Å². The molecule has 2 aromatic rings. The van der Waals surface area contributed by atoms with Crippen molar-refractivity contribution in [1.29, 1.82) is 0 Å². The van der Waals surface area contributed by atoms with Gasteiger partial charge in [-0.05, 0) is 48.7 Å². The molecule has 2 unspecified atom stereocenters. The molecular weight excluding hydrogens is 386 g/mol. The third kappa shape index (κ3) is 5.97. The monoisotopic (exact) mass is 409 g/mol. The van der Waals surface area contributed by atoms with Crippen LogP contribution in [0.2, 0.25) is 5.02 Å². The average Bonchev–Trinajstić information content (AvgIpc) is 2.63. The van der Waals surface area contributed by atoms with Crippen molar-refractivity contribution in [2.24, 2.45) is 0 Å². The highest BCUT2D eigenvalue weighted by Crippen LogP contribution is 2.22. The molecule has 0 aliphatic carbocycles. The maximum atomic E-state index is 12.7. The Hall–Kier alpha value is -2.05. The number of nitrogens with one attached hydrogen (secondary N) is 1. The normalized spacial score (nSPS) is 13.6. The van der Waals surface area contributed by atoms with Gasteiger partial charge in [-0.25, -0.2) is 8.42 Å². The summed E-state index contributed by atoms with van der Waals surface area (Å²) < 4.78 is 29.0. The van der Waals surface area contributed by atoms with Gasteiger partial charge in [-0.1, -0.05) is 43.6 Å². The van der Waals surface area contributed by atoms with Crippen LogP contribution in [0, 0.1) is 0 Å². The lowest BCUT2D eigenvalue weighted by Crippen LogP contribution is -2.39. The molecule has 2 atom stereocenters. The van der Waals surface area contributed by atoms with Crippen LogP contribution in [0.1, 0.15) is 38.3 Å². The maximum Gasteiger partial charge on any atom is 0.261 e. The molecule has 0 saturated carbocycles. The number of rotatable bonds is 8. The number of carbonyl (C=O) groups excluding carboxylic acids is 1. The fourth-order valence-corrected chi connectivity index (χ4v) is 3.47. The number of amides is 1. The Labute approximate surface area is 165 Å². The zero-order valence-corrected chi connectivity index (χ0v) is 17.2. The molecule has 0 aliphatic rings. The SMILES string of the molecule is CCC(Oc1cccc(Cl)c1)C(=O)NC(CC)c1ccc(S(C)(=O)=O)cc1. The summed E-state index contributed by atoms with van der Waals surface area (Å²) in [6.07, 6.45) is 1.69. The highest BCUT2D eigenvalue weighted by Gasteiger charge is 2.22. The summed E-state index contributed by atoms with van der Waals surface area (Å²) in [7, 11) is -3.25. The van der Waals surface area contributed by atoms with E-state index in [0.29, 0.717) is 23.6 Å². The molecule has 1 N–H and O–H groups in total. The van der Waals surface area contributed by atoms with Crippen LogP contribution in [0.3, 0.4) is 0 Å². The van der Waals surface area contributed by atoms with Gasteiger partial charge in [-0.2, -0.15) is 0 Å². The molecule has 2 aromatic carbocycles. The van der Waals surface area contributed by atoms with E-state index in [2.05, 4.69) is 5.32 Å². The van der Waals surface area contributed by atoms with Crippen LogP contribution < -0.4 is 10.1 Å². The van der Waals surface area contributed by atoms with E-state index < -0.39 is 15.9 Å². The summed E-state index contributed by atoms with van der Waals surface area (Å²) in [4.78, 5) is 12.9. The minimum Gasteiger partial charge on any atom is -0.481 e. The Morgan fingerprint density at radius 2 is 1.78 bits per heavy atom. The van der Waals surface area contributed by atoms with Crippen molar-refractivity contribution in [3.05, 3.63) is 59.1 Å². The molecule has 146 valence electrons. The lowest BCUT2D eigenvalue weighted by Gasteiger charge is -2.22. The first-order valence-electron chi connectivity index (χ1n) is 8.77. The summed E-state index contributed by atoms with van der Waals surface area (Å²) in [5, 5.41) is 3.52. The number of hydrogen-bond donors (Lipinski definition) is 1. The highest BCUT2D eigenvalue weighted by atomic mass is 35.5. The van der Waals surface area contributed by atoms with Crippen LogP contribution in [0.15, 0.2) is 53.4 Å². The molecule has 0 aromatic heterocycles. The smallest absolute Gasteiger partial charge is 0.261 e. The second-order valence-corrected chi connectivity index (χ2v) is 8.73. The zero-order chi connectivity index (χ0) is 20.0. The first kappa shape index (κ1) is 21.3.